The van der Waals surface area contributed by atoms with Crippen molar-refractivity contribution < 1.29 is 17.9 Å². The average Bonchev–Trinajstić information content (AvgIpc) is 2.66. The van der Waals surface area contributed by atoms with Gasteiger partial charge in [-0.15, -0.1) is 0 Å². The van der Waals surface area contributed by atoms with Gasteiger partial charge in [0.25, 0.3) is 0 Å². The highest BCUT2D eigenvalue weighted by molar-refractivity contribution is 9.10. The van der Waals surface area contributed by atoms with E-state index < -0.39 is 9.84 Å². The van der Waals surface area contributed by atoms with Crippen molar-refractivity contribution in [1.29, 1.82) is 0 Å². The van der Waals surface area contributed by atoms with Gasteiger partial charge < -0.3 is 9.47 Å². The largest absolute Gasteiger partial charge is 0.493 e. The highest BCUT2D eigenvalue weighted by Crippen LogP contribution is 2.34. The summed E-state index contributed by atoms with van der Waals surface area (Å²) in [6, 6.07) is 18.8. The molecule has 0 amide bonds. The molecular formula is C20H16BrClO4S. The number of hydrogen-bond donors (Lipinski definition) is 0. The van der Waals surface area contributed by atoms with Gasteiger partial charge in [-0.05, 0) is 35.9 Å². The molecule has 0 radical (unpaired) electrons. The lowest BCUT2D eigenvalue weighted by Gasteiger charge is -2.13. The minimum absolute atomic E-state index is 0.0978. The molecule has 27 heavy (non-hydrogen) atoms. The molecule has 0 heterocycles. The van der Waals surface area contributed by atoms with Crippen molar-refractivity contribution in [3.8, 4) is 11.5 Å². The molecule has 4 nitrogen and oxygen atoms in total. The molecule has 0 fully saturated rings. The van der Waals surface area contributed by atoms with E-state index in [1.807, 2.05) is 30.3 Å². The Labute approximate surface area is 171 Å². The van der Waals surface area contributed by atoms with E-state index in [-0.39, 0.29) is 9.79 Å². The Balaban J connectivity index is 1.91. The van der Waals surface area contributed by atoms with E-state index in [1.165, 1.54) is 31.4 Å². The maximum Gasteiger partial charge on any atom is 0.206 e. The molecule has 0 aliphatic rings. The molecule has 3 aromatic rings. The van der Waals surface area contributed by atoms with Crippen molar-refractivity contribution in [3.05, 3.63) is 81.8 Å². The summed E-state index contributed by atoms with van der Waals surface area (Å²) < 4.78 is 37.5. The Hall–Kier alpha value is -2.02. The van der Waals surface area contributed by atoms with Crippen molar-refractivity contribution in [2.45, 2.75) is 16.4 Å². The summed E-state index contributed by atoms with van der Waals surface area (Å²) in [7, 11) is -2.28. The predicted molar refractivity (Wildman–Crippen MR) is 108 cm³/mol. The van der Waals surface area contributed by atoms with Gasteiger partial charge in [0, 0.05) is 15.6 Å². The smallest absolute Gasteiger partial charge is 0.206 e. The van der Waals surface area contributed by atoms with Gasteiger partial charge in [0.1, 0.15) is 6.61 Å². The number of rotatable bonds is 6. The first-order chi connectivity index (χ1) is 12.9. The fraction of sp³-hybridized carbons (Fsp3) is 0.100. The van der Waals surface area contributed by atoms with Crippen LogP contribution in [0.5, 0.6) is 11.5 Å². The molecular weight excluding hydrogens is 452 g/mol. The van der Waals surface area contributed by atoms with Gasteiger partial charge in [0.15, 0.2) is 11.5 Å². The van der Waals surface area contributed by atoms with Crippen LogP contribution in [0, 0.1) is 0 Å². The van der Waals surface area contributed by atoms with Crippen LogP contribution in [0.15, 0.2) is 81.0 Å². The molecule has 0 aliphatic heterocycles. The van der Waals surface area contributed by atoms with Crippen LogP contribution in [0.3, 0.4) is 0 Å². The number of ether oxygens (including phenoxy) is 2. The van der Waals surface area contributed by atoms with Crippen LogP contribution in [0.2, 0.25) is 5.02 Å². The van der Waals surface area contributed by atoms with Crippen molar-refractivity contribution in [2.24, 2.45) is 0 Å². The number of methoxy groups -OCH3 is 1. The molecule has 0 spiro atoms. The second-order valence-electron chi connectivity index (χ2n) is 5.70. The van der Waals surface area contributed by atoms with Crippen molar-refractivity contribution in [3.63, 3.8) is 0 Å². The summed E-state index contributed by atoms with van der Waals surface area (Å²) in [4.78, 5) is 0.197. The Bertz CT molecular complexity index is 1030. The lowest BCUT2D eigenvalue weighted by molar-refractivity contribution is 0.284. The second kappa shape index (κ2) is 8.33. The third-order valence-electron chi connectivity index (χ3n) is 3.83. The summed E-state index contributed by atoms with van der Waals surface area (Å²) >= 11 is 9.25. The Kier molecular flexibility index (Phi) is 6.09. The summed E-state index contributed by atoms with van der Waals surface area (Å²) in [6.45, 7) is 0.352. The maximum absolute atomic E-state index is 12.9. The van der Waals surface area contributed by atoms with E-state index in [0.717, 1.165) is 5.56 Å². The highest BCUT2D eigenvalue weighted by atomic mass is 79.9. The molecule has 0 aromatic heterocycles. The van der Waals surface area contributed by atoms with Gasteiger partial charge in [0.2, 0.25) is 9.84 Å². The van der Waals surface area contributed by atoms with Crippen molar-refractivity contribution >= 4 is 37.4 Å². The summed E-state index contributed by atoms with van der Waals surface area (Å²) in [5, 5.41) is 0.331. The average molecular weight is 468 g/mol. The zero-order valence-electron chi connectivity index (χ0n) is 14.4. The van der Waals surface area contributed by atoms with E-state index in [1.54, 1.807) is 12.1 Å². The van der Waals surface area contributed by atoms with Gasteiger partial charge >= 0.3 is 0 Å². The molecule has 3 rings (SSSR count). The lowest BCUT2D eigenvalue weighted by atomic mass is 10.2. The minimum atomic E-state index is -3.75. The van der Waals surface area contributed by atoms with E-state index in [0.29, 0.717) is 27.6 Å². The van der Waals surface area contributed by atoms with Crippen LogP contribution < -0.4 is 9.47 Å². The molecule has 3 aromatic carbocycles. The van der Waals surface area contributed by atoms with Gasteiger partial charge in [0.05, 0.1) is 16.9 Å². The fourth-order valence-electron chi connectivity index (χ4n) is 2.49. The first kappa shape index (κ1) is 19.7. The molecule has 0 saturated heterocycles. The first-order valence-corrected chi connectivity index (χ1v) is 10.6. The SMILES string of the molecule is COc1cc(S(=O)(=O)c2cc(Cl)cc(Br)c2)ccc1OCc1ccccc1. The molecule has 7 heteroatoms. The Morgan fingerprint density at radius 3 is 2.33 bits per heavy atom. The van der Waals surface area contributed by atoms with E-state index >= 15 is 0 Å². The number of sulfone groups is 1. The Morgan fingerprint density at radius 2 is 1.67 bits per heavy atom. The van der Waals surface area contributed by atoms with Crippen LogP contribution in [-0.4, -0.2) is 15.5 Å². The lowest BCUT2D eigenvalue weighted by Crippen LogP contribution is -2.04. The monoisotopic (exact) mass is 466 g/mol. The second-order valence-corrected chi connectivity index (χ2v) is 9.00. The van der Waals surface area contributed by atoms with Crippen LogP contribution >= 0.6 is 27.5 Å². The van der Waals surface area contributed by atoms with Crippen LogP contribution in [0.1, 0.15) is 5.56 Å². The van der Waals surface area contributed by atoms with Gasteiger partial charge in [-0.1, -0.05) is 57.9 Å². The van der Waals surface area contributed by atoms with Crippen molar-refractivity contribution in [1.82, 2.24) is 0 Å². The van der Waals surface area contributed by atoms with E-state index in [9.17, 15) is 8.42 Å². The minimum Gasteiger partial charge on any atom is -0.493 e. The Morgan fingerprint density at radius 1 is 0.926 bits per heavy atom. The molecule has 0 atom stereocenters. The summed E-state index contributed by atoms with van der Waals surface area (Å²) in [5.74, 6) is 0.806. The quantitative estimate of drug-likeness (QED) is 0.479. The number of hydrogen-bond acceptors (Lipinski definition) is 4. The summed E-state index contributed by atoms with van der Waals surface area (Å²) in [6.07, 6.45) is 0. The molecule has 0 unspecified atom stereocenters. The highest BCUT2D eigenvalue weighted by Gasteiger charge is 2.21. The van der Waals surface area contributed by atoms with Gasteiger partial charge in [-0.3, -0.25) is 0 Å². The zero-order chi connectivity index (χ0) is 19.4. The van der Waals surface area contributed by atoms with Gasteiger partial charge in [-0.2, -0.15) is 0 Å². The standard InChI is InChI=1S/C20H16BrClO4S/c1-25-20-12-17(27(23,24)18-10-15(21)9-16(22)11-18)7-8-19(20)26-13-14-5-3-2-4-6-14/h2-12H,13H2,1H3. The topological polar surface area (TPSA) is 52.6 Å². The molecule has 140 valence electrons. The fourth-order valence-corrected chi connectivity index (χ4v) is 4.91. The predicted octanol–water partition coefficient (Wildman–Crippen LogP) is 5.52. The third kappa shape index (κ3) is 4.64. The molecule has 0 aliphatic carbocycles. The van der Waals surface area contributed by atoms with Crippen LogP contribution in [0.4, 0.5) is 0 Å². The van der Waals surface area contributed by atoms with E-state index in [4.69, 9.17) is 21.1 Å². The first-order valence-electron chi connectivity index (χ1n) is 7.96. The maximum atomic E-state index is 12.9. The molecule has 0 bridgehead atoms. The zero-order valence-corrected chi connectivity index (χ0v) is 17.5. The number of halogens is 2. The third-order valence-corrected chi connectivity index (χ3v) is 6.24. The summed E-state index contributed by atoms with van der Waals surface area (Å²) in [5.41, 5.74) is 1.00. The molecule has 0 saturated carbocycles. The van der Waals surface area contributed by atoms with E-state index in [2.05, 4.69) is 15.9 Å². The molecule has 0 N–H and O–H groups in total. The van der Waals surface area contributed by atoms with Crippen LogP contribution in [-0.2, 0) is 16.4 Å². The van der Waals surface area contributed by atoms with Gasteiger partial charge in [-0.25, -0.2) is 8.42 Å². The van der Waals surface area contributed by atoms with Crippen LogP contribution in [0.25, 0.3) is 0 Å². The normalized spacial score (nSPS) is 11.2. The number of benzene rings is 3. The van der Waals surface area contributed by atoms with Crippen molar-refractivity contribution in [2.75, 3.05) is 7.11 Å².